The first-order chi connectivity index (χ1) is 7.15. The predicted molar refractivity (Wildman–Crippen MR) is 56.5 cm³/mol. The molecule has 0 spiro atoms. The molecule has 0 aliphatic carbocycles. The van der Waals surface area contributed by atoms with Crippen LogP contribution in [0.4, 0.5) is 0 Å². The molecule has 84 valence electrons. The molecular formula is C11H18N2O2. The molecule has 1 aromatic heterocycles. The molecule has 1 aliphatic heterocycles. The van der Waals surface area contributed by atoms with Crippen molar-refractivity contribution in [2.75, 3.05) is 13.1 Å². The normalized spacial score (nSPS) is 23.3. The number of oxazole rings is 1. The fourth-order valence-corrected chi connectivity index (χ4v) is 1.97. The van der Waals surface area contributed by atoms with Crippen LogP contribution in [0.15, 0.2) is 4.42 Å². The molecule has 1 N–H and O–H groups in total. The number of aliphatic hydroxyl groups is 1. The summed E-state index contributed by atoms with van der Waals surface area (Å²) in [6.45, 7) is 6.36. The third-order valence-electron chi connectivity index (χ3n) is 2.91. The highest BCUT2D eigenvalue weighted by Gasteiger charge is 2.19. The van der Waals surface area contributed by atoms with Crippen LogP contribution in [0.1, 0.15) is 30.2 Å². The number of hydrogen-bond donors (Lipinski definition) is 1. The van der Waals surface area contributed by atoms with E-state index >= 15 is 0 Å². The Bertz CT molecular complexity index is 316. The third kappa shape index (κ3) is 2.58. The van der Waals surface area contributed by atoms with Crippen LogP contribution in [0, 0.1) is 13.8 Å². The van der Waals surface area contributed by atoms with Gasteiger partial charge in [0.05, 0.1) is 18.3 Å². The van der Waals surface area contributed by atoms with Gasteiger partial charge in [-0.15, -0.1) is 0 Å². The smallest absolute Gasteiger partial charge is 0.208 e. The topological polar surface area (TPSA) is 49.5 Å². The lowest BCUT2D eigenvalue weighted by Crippen LogP contribution is -2.37. The van der Waals surface area contributed by atoms with Gasteiger partial charge >= 0.3 is 0 Å². The molecule has 0 bridgehead atoms. The van der Waals surface area contributed by atoms with Crippen molar-refractivity contribution in [3.8, 4) is 0 Å². The molecule has 2 rings (SSSR count). The molecule has 1 saturated heterocycles. The maximum absolute atomic E-state index is 9.52. The van der Waals surface area contributed by atoms with Crippen LogP contribution < -0.4 is 0 Å². The second kappa shape index (κ2) is 4.33. The standard InChI is InChI=1S/C11H18N2O2/c1-8-9(2)15-11(12-8)7-13-5-3-4-10(14)6-13/h10,14H,3-7H2,1-2H3. The molecule has 0 aromatic carbocycles. The van der Waals surface area contributed by atoms with Crippen LogP contribution in [0.25, 0.3) is 0 Å². The summed E-state index contributed by atoms with van der Waals surface area (Å²) in [4.78, 5) is 6.53. The number of aryl methyl sites for hydroxylation is 2. The molecule has 0 radical (unpaired) electrons. The van der Waals surface area contributed by atoms with Gasteiger partial charge in [-0.1, -0.05) is 0 Å². The summed E-state index contributed by atoms with van der Waals surface area (Å²) in [5, 5.41) is 9.52. The number of β-amino-alcohol motifs (C(OH)–C–C–N with tert-alkyl or cyclic N) is 1. The molecule has 1 aliphatic rings. The lowest BCUT2D eigenvalue weighted by molar-refractivity contribution is 0.0623. The molecule has 2 heterocycles. The van der Waals surface area contributed by atoms with E-state index in [-0.39, 0.29) is 6.10 Å². The van der Waals surface area contributed by atoms with Gasteiger partial charge in [0.1, 0.15) is 5.76 Å². The van der Waals surface area contributed by atoms with E-state index in [0.29, 0.717) is 6.54 Å². The summed E-state index contributed by atoms with van der Waals surface area (Å²) in [6.07, 6.45) is 1.79. The average molecular weight is 210 g/mol. The van der Waals surface area contributed by atoms with Crippen LogP contribution in [-0.2, 0) is 6.54 Å². The van der Waals surface area contributed by atoms with Gasteiger partial charge in [-0.2, -0.15) is 0 Å². The molecule has 1 unspecified atom stereocenters. The van der Waals surface area contributed by atoms with E-state index < -0.39 is 0 Å². The average Bonchev–Trinajstić information content (AvgIpc) is 2.45. The van der Waals surface area contributed by atoms with Gasteiger partial charge in [-0.3, -0.25) is 4.90 Å². The van der Waals surface area contributed by atoms with E-state index in [9.17, 15) is 5.11 Å². The van der Waals surface area contributed by atoms with Crippen LogP contribution in [-0.4, -0.2) is 34.2 Å². The zero-order valence-electron chi connectivity index (χ0n) is 9.36. The zero-order chi connectivity index (χ0) is 10.8. The highest BCUT2D eigenvalue weighted by molar-refractivity contribution is 5.05. The highest BCUT2D eigenvalue weighted by atomic mass is 16.4. The summed E-state index contributed by atoms with van der Waals surface area (Å²) >= 11 is 0. The summed E-state index contributed by atoms with van der Waals surface area (Å²) in [5.74, 6) is 1.65. The second-order valence-corrected chi connectivity index (χ2v) is 4.28. The molecule has 1 atom stereocenters. The van der Waals surface area contributed by atoms with E-state index in [4.69, 9.17) is 4.42 Å². The van der Waals surface area contributed by atoms with Crippen molar-refractivity contribution in [2.24, 2.45) is 0 Å². The molecule has 0 saturated carbocycles. The molecular weight excluding hydrogens is 192 g/mol. The Kier molecular flexibility index (Phi) is 3.07. The van der Waals surface area contributed by atoms with Crippen LogP contribution >= 0.6 is 0 Å². The van der Waals surface area contributed by atoms with Gasteiger partial charge in [0.25, 0.3) is 0 Å². The lowest BCUT2D eigenvalue weighted by Gasteiger charge is -2.28. The fourth-order valence-electron chi connectivity index (χ4n) is 1.97. The molecule has 4 nitrogen and oxygen atoms in total. The lowest BCUT2D eigenvalue weighted by atomic mass is 10.1. The van der Waals surface area contributed by atoms with Crippen LogP contribution in [0.3, 0.4) is 0 Å². The summed E-state index contributed by atoms with van der Waals surface area (Å²) < 4.78 is 5.52. The van der Waals surface area contributed by atoms with E-state index in [0.717, 1.165) is 43.3 Å². The van der Waals surface area contributed by atoms with Gasteiger partial charge in [-0.25, -0.2) is 4.98 Å². The van der Waals surface area contributed by atoms with Crippen molar-refractivity contribution < 1.29 is 9.52 Å². The van der Waals surface area contributed by atoms with Gasteiger partial charge in [-0.05, 0) is 33.2 Å². The van der Waals surface area contributed by atoms with Gasteiger partial charge in [0, 0.05) is 6.54 Å². The van der Waals surface area contributed by atoms with Gasteiger partial charge < -0.3 is 9.52 Å². The summed E-state index contributed by atoms with van der Waals surface area (Å²) in [7, 11) is 0. The minimum Gasteiger partial charge on any atom is -0.444 e. The molecule has 4 heteroatoms. The Labute approximate surface area is 89.9 Å². The van der Waals surface area contributed by atoms with Crippen molar-refractivity contribution in [1.82, 2.24) is 9.88 Å². The van der Waals surface area contributed by atoms with Crippen LogP contribution in [0.2, 0.25) is 0 Å². The minimum atomic E-state index is -0.184. The number of piperidine rings is 1. The summed E-state index contributed by atoms with van der Waals surface area (Å²) in [5.41, 5.74) is 0.961. The van der Waals surface area contributed by atoms with Crippen molar-refractivity contribution >= 4 is 0 Å². The predicted octanol–water partition coefficient (Wildman–Crippen LogP) is 1.25. The third-order valence-corrected chi connectivity index (χ3v) is 2.91. The largest absolute Gasteiger partial charge is 0.444 e. The maximum Gasteiger partial charge on any atom is 0.208 e. The van der Waals surface area contributed by atoms with E-state index in [1.54, 1.807) is 0 Å². The van der Waals surface area contributed by atoms with Crippen molar-refractivity contribution in [3.05, 3.63) is 17.3 Å². The Morgan fingerprint density at radius 1 is 1.53 bits per heavy atom. The number of rotatable bonds is 2. The fraction of sp³-hybridized carbons (Fsp3) is 0.727. The first kappa shape index (κ1) is 10.6. The Balaban J connectivity index is 1.96. The van der Waals surface area contributed by atoms with Gasteiger partial charge in [0.15, 0.2) is 0 Å². The number of likely N-dealkylation sites (tertiary alicyclic amines) is 1. The van der Waals surface area contributed by atoms with E-state index in [2.05, 4.69) is 9.88 Å². The Hall–Kier alpha value is -0.870. The first-order valence-electron chi connectivity index (χ1n) is 5.48. The van der Waals surface area contributed by atoms with Crippen LogP contribution in [0.5, 0.6) is 0 Å². The number of hydrogen-bond acceptors (Lipinski definition) is 4. The first-order valence-corrected chi connectivity index (χ1v) is 5.48. The van der Waals surface area contributed by atoms with Crippen molar-refractivity contribution in [2.45, 2.75) is 39.3 Å². The van der Waals surface area contributed by atoms with E-state index in [1.165, 1.54) is 0 Å². The monoisotopic (exact) mass is 210 g/mol. The SMILES string of the molecule is Cc1nc(CN2CCCC(O)C2)oc1C. The summed E-state index contributed by atoms with van der Waals surface area (Å²) in [6, 6.07) is 0. The number of aromatic nitrogens is 1. The van der Waals surface area contributed by atoms with E-state index in [1.807, 2.05) is 13.8 Å². The van der Waals surface area contributed by atoms with Crippen molar-refractivity contribution in [1.29, 1.82) is 0 Å². The molecule has 1 aromatic rings. The number of nitrogens with zero attached hydrogens (tertiary/aromatic N) is 2. The highest BCUT2D eigenvalue weighted by Crippen LogP contribution is 2.15. The van der Waals surface area contributed by atoms with Crippen molar-refractivity contribution in [3.63, 3.8) is 0 Å². The number of aliphatic hydroxyl groups excluding tert-OH is 1. The quantitative estimate of drug-likeness (QED) is 0.798. The zero-order valence-corrected chi connectivity index (χ0v) is 9.36. The Morgan fingerprint density at radius 3 is 2.93 bits per heavy atom. The minimum absolute atomic E-state index is 0.184. The molecule has 15 heavy (non-hydrogen) atoms. The maximum atomic E-state index is 9.52. The second-order valence-electron chi connectivity index (χ2n) is 4.28. The molecule has 1 fully saturated rings. The Morgan fingerprint density at radius 2 is 2.33 bits per heavy atom. The van der Waals surface area contributed by atoms with Gasteiger partial charge in [0.2, 0.25) is 5.89 Å². The molecule has 0 amide bonds.